The van der Waals surface area contributed by atoms with Gasteiger partial charge >= 0.3 is 0 Å². The first-order chi connectivity index (χ1) is 13.0. The summed E-state index contributed by atoms with van der Waals surface area (Å²) in [5, 5.41) is 5.19. The van der Waals surface area contributed by atoms with Crippen LogP contribution in [0.2, 0.25) is 0 Å². The van der Waals surface area contributed by atoms with Crippen LogP contribution in [0.25, 0.3) is 10.2 Å². The summed E-state index contributed by atoms with van der Waals surface area (Å²) in [6.45, 7) is 5.28. The first-order valence-corrected chi connectivity index (χ1v) is 10.1. The smallest absolute Gasteiger partial charge is 0.233 e. The number of carbonyl (C=O) groups excluding carboxylic acids is 1. The standard InChI is InChI=1S/C20H24N4O2S/c1-13-16(14(2)23(3)22-13)11-19(25)24(12-15-7-6-10-26-15)20-21-17-8-4-5-9-18(17)27-20/h4-5,8-9,15H,6-7,10-12H2,1-3H3. The number of aromatic nitrogens is 3. The summed E-state index contributed by atoms with van der Waals surface area (Å²) in [6, 6.07) is 8.00. The largest absolute Gasteiger partial charge is 0.376 e. The summed E-state index contributed by atoms with van der Waals surface area (Å²) >= 11 is 1.56. The van der Waals surface area contributed by atoms with E-state index < -0.39 is 0 Å². The quantitative estimate of drug-likeness (QED) is 0.676. The monoisotopic (exact) mass is 384 g/mol. The molecule has 4 rings (SSSR count). The topological polar surface area (TPSA) is 60.2 Å². The van der Waals surface area contributed by atoms with E-state index in [4.69, 9.17) is 9.72 Å². The molecule has 3 heterocycles. The lowest BCUT2D eigenvalue weighted by Gasteiger charge is -2.23. The molecule has 1 unspecified atom stereocenters. The Morgan fingerprint density at radius 1 is 1.37 bits per heavy atom. The Hall–Kier alpha value is -2.25. The number of hydrogen-bond acceptors (Lipinski definition) is 5. The fourth-order valence-corrected chi connectivity index (χ4v) is 4.57. The van der Waals surface area contributed by atoms with Gasteiger partial charge in [0, 0.05) is 24.9 Å². The van der Waals surface area contributed by atoms with Crippen molar-refractivity contribution in [3.8, 4) is 0 Å². The van der Waals surface area contributed by atoms with Crippen LogP contribution >= 0.6 is 11.3 Å². The van der Waals surface area contributed by atoms with Crippen molar-refractivity contribution in [2.45, 2.75) is 39.2 Å². The number of rotatable bonds is 5. The lowest BCUT2D eigenvalue weighted by Crippen LogP contribution is -2.38. The van der Waals surface area contributed by atoms with Crippen LogP contribution in [0.15, 0.2) is 24.3 Å². The summed E-state index contributed by atoms with van der Waals surface area (Å²) in [5.41, 5.74) is 3.87. The molecule has 1 aromatic carbocycles. The molecule has 0 saturated carbocycles. The molecule has 0 spiro atoms. The average molecular weight is 385 g/mol. The number of carbonyl (C=O) groups is 1. The molecule has 1 amide bonds. The summed E-state index contributed by atoms with van der Waals surface area (Å²) < 4.78 is 8.72. The Morgan fingerprint density at radius 2 is 2.19 bits per heavy atom. The molecule has 0 bridgehead atoms. The summed E-state index contributed by atoms with van der Waals surface area (Å²) in [6.07, 6.45) is 2.44. The molecule has 1 fully saturated rings. The SMILES string of the molecule is Cc1nn(C)c(C)c1CC(=O)N(CC1CCCO1)c1nc2ccccc2s1. The molecule has 1 saturated heterocycles. The van der Waals surface area contributed by atoms with Gasteiger partial charge in [0.15, 0.2) is 5.13 Å². The molecule has 27 heavy (non-hydrogen) atoms. The van der Waals surface area contributed by atoms with E-state index in [1.807, 2.05) is 54.7 Å². The molecule has 1 atom stereocenters. The number of para-hydroxylation sites is 1. The lowest BCUT2D eigenvalue weighted by molar-refractivity contribution is -0.118. The number of benzene rings is 1. The van der Waals surface area contributed by atoms with Gasteiger partial charge in [-0.1, -0.05) is 23.5 Å². The van der Waals surface area contributed by atoms with Crippen molar-refractivity contribution < 1.29 is 9.53 Å². The lowest BCUT2D eigenvalue weighted by atomic mass is 10.1. The maximum atomic E-state index is 13.3. The van der Waals surface area contributed by atoms with E-state index in [9.17, 15) is 4.79 Å². The van der Waals surface area contributed by atoms with Crippen LogP contribution in [0.1, 0.15) is 29.8 Å². The first-order valence-electron chi connectivity index (χ1n) is 9.29. The van der Waals surface area contributed by atoms with E-state index in [0.717, 1.165) is 51.7 Å². The summed E-state index contributed by atoms with van der Waals surface area (Å²) in [5.74, 6) is 0.0451. The maximum absolute atomic E-state index is 13.3. The molecule has 1 aliphatic rings. The second kappa shape index (κ2) is 7.40. The molecular weight excluding hydrogens is 360 g/mol. The number of nitrogens with zero attached hydrogens (tertiary/aromatic N) is 4. The molecule has 0 aliphatic carbocycles. The molecule has 2 aromatic heterocycles. The van der Waals surface area contributed by atoms with Gasteiger partial charge in [-0.3, -0.25) is 14.4 Å². The third-order valence-corrected chi connectivity index (χ3v) is 6.27. The second-order valence-corrected chi connectivity index (χ2v) is 8.06. The minimum absolute atomic E-state index is 0.0451. The number of anilines is 1. The van der Waals surface area contributed by atoms with Crippen LogP contribution in [0.4, 0.5) is 5.13 Å². The fraction of sp³-hybridized carbons (Fsp3) is 0.450. The molecule has 3 aromatic rings. The van der Waals surface area contributed by atoms with Gasteiger partial charge in [0.05, 0.1) is 35.0 Å². The number of fused-ring (bicyclic) bond motifs is 1. The summed E-state index contributed by atoms with van der Waals surface area (Å²) in [7, 11) is 1.91. The second-order valence-electron chi connectivity index (χ2n) is 7.05. The van der Waals surface area contributed by atoms with Gasteiger partial charge in [-0.25, -0.2) is 4.98 Å². The van der Waals surface area contributed by atoms with Gasteiger partial charge in [0.25, 0.3) is 0 Å². The highest BCUT2D eigenvalue weighted by atomic mass is 32.1. The Kier molecular flexibility index (Phi) is 4.97. The van der Waals surface area contributed by atoms with Gasteiger partial charge in [0.1, 0.15) is 0 Å². The van der Waals surface area contributed by atoms with Gasteiger partial charge in [0.2, 0.25) is 5.91 Å². The van der Waals surface area contributed by atoms with Crippen LogP contribution in [0.3, 0.4) is 0 Å². The van der Waals surface area contributed by atoms with Gasteiger partial charge in [-0.15, -0.1) is 0 Å². The zero-order chi connectivity index (χ0) is 19.0. The average Bonchev–Trinajstić information content (AvgIpc) is 3.36. The molecule has 1 aliphatic heterocycles. The predicted octanol–water partition coefficient (Wildman–Crippen LogP) is 3.40. The van der Waals surface area contributed by atoms with Crippen LogP contribution in [0.5, 0.6) is 0 Å². The highest BCUT2D eigenvalue weighted by molar-refractivity contribution is 7.22. The van der Waals surface area contributed by atoms with E-state index in [1.54, 1.807) is 11.3 Å². The predicted molar refractivity (Wildman–Crippen MR) is 107 cm³/mol. The highest BCUT2D eigenvalue weighted by Gasteiger charge is 2.27. The molecule has 0 N–H and O–H groups in total. The van der Waals surface area contributed by atoms with Crippen molar-refractivity contribution in [3.63, 3.8) is 0 Å². The highest BCUT2D eigenvalue weighted by Crippen LogP contribution is 2.30. The van der Waals surface area contributed by atoms with E-state index >= 15 is 0 Å². The zero-order valence-electron chi connectivity index (χ0n) is 15.9. The number of aryl methyl sites for hydroxylation is 2. The van der Waals surface area contributed by atoms with E-state index in [2.05, 4.69) is 5.10 Å². The van der Waals surface area contributed by atoms with Crippen LogP contribution < -0.4 is 4.90 Å². The maximum Gasteiger partial charge on any atom is 0.233 e. The number of amides is 1. The Bertz CT molecular complexity index is 939. The Labute approximate surface area is 162 Å². The zero-order valence-corrected chi connectivity index (χ0v) is 16.8. The van der Waals surface area contributed by atoms with E-state index in [1.165, 1.54) is 0 Å². The van der Waals surface area contributed by atoms with Crippen molar-refractivity contribution in [2.24, 2.45) is 7.05 Å². The van der Waals surface area contributed by atoms with Crippen LogP contribution in [-0.4, -0.2) is 39.9 Å². The van der Waals surface area contributed by atoms with Crippen molar-refractivity contribution in [3.05, 3.63) is 41.2 Å². The van der Waals surface area contributed by atoms with Crippen molar-refractivity contribution in [1.82, 2.24) is 14.8 Å². The Morgan fingerprint density at radius 3 is 2.85 bits per heavy atom. The minimum atomic E-state index is 0.0451. The molecule has 7 heteroatoms. The third kappa shape index (κ3) is 3.61. The molecule has 6 nitrogen and oxygen atoms in total. The van der Waals surface area contributed by atoms with Crippen molar-refractivity contribution in [2.75, 3.05) is 18.1 Å². The van der Waals surface area contributed by atoms with E-state index in [0.29, 0.717) is 13.0 Å². The molecule has 142 valence electrons. The molecule has 0 radical (unpaired) electrons. The van der Waals surface area contributed by atoms with E-state index in [-0.39, 0.29) is 12.0 Å². The van der Waals surface area contributed by atoms with Gasteiger partial charge in [-0.05, 0) is 38.8 Å². The van der Waals surface area contributed by atoms with Crippen molar-refractivity contribution in [1.29, 1.82) is 0 Å². The minimum Gasteiger partial charge on any atom is -0.376 e. The van der Waals surface area contributed by atoms with Gasteiger partial charge in [-0.2, -0.15) is 5.10 Å². The number of thiazole rings is 1. The molecular formula is C20H24N4O2S. The van der Waals surface area contributed by atoms with Crippen molar-refractivity contribution >= 4 is 32.6 Å². The number of hydrogen-bond donors (Lipinski definition) is 0. The Balaban J connectivity index is 1.65. The normalized spacial score (nSPS) is 16.9. The summed E-state index contributed by atoms with van der Waals surface area (Å²) in [4.78, 5) is 19.8. The van der Waals surface area contributed by atoms with Crippen LogP contribution in [-0.2, 0) is 23.0 Å². The number of ether oxygens (including phenoxy) is 1. The fourth-order valence-electron chi connectivity index (χ4n) is 3.57. The first kappa shape index (κ1) is 18.1. The van der Waals surface area contributed by atoms with Gasteiger partial charge < -0.3 is 4.74 Å². The van der Waals surface area contributed by atoms with Crippen LogP contribution in [0, 0.1) is 13.8 Å². The third-order valence-electron chi connectivity index (χ3n) is 5.21.